The zero-order valence-electron chi connectivity index (χ0n) is 18.4. The molecule has 1 unspecified atom stereocenters. The fourth-order valence-electron chi connectivity index (χ4n) is 4.31. The van der Waals surface area contributed by atoms with Crippen LogP contribution < -0.4 is 15.4 Å². The highest BCUT2D eigenvalue weighted by molar-refractivity contribution is 5.73. The minimum Gasteiger partial charge on any atom is -0.494 e. The van der Waals surface area contributed by atoms with Gasteiger partial charge in [0, 0.05) is 28.7 Å². The zero-order chi connectivity index (χ0) is 21.3. The minimum atomic E-state index is 0.0883. The van der Waals surface area contributed by atoms with Gasteiger partial charge >= 0.3 is 0 Å². The van der Waals surface area contributed by atoms with Crippen LogP contribution in [0.25, 0.3) is 11.3 Å². The molecule has 5 heteroatoms. The van der Waals surface area contributed by atoms with E-state index in [4.69, 9.17) is 9.72 Å². The average molecular weight is 403 g/mol. The van der Waals surface area contributed by atoms with E-state index in [0.29, 0.717) is 18.5 Å². The van der Waals surface area contributed by atoms with Gasteiger partial charge in [-0.25, -0.2) is 9.97 Å². The maximum atomic E-state index is 5.50. The lowest BCUT2D eigenvalue weighted by atomic mass is 9.80. The molecule has 2 N–H and O–H groups in total. The van der Waals surface area contributed by atoms with Gasteiger partial charge in [-0.05, 0) is 87.6 Å². The van der Waals surface area contributed by atoms with Crippen LogP contribution in [0, 0.1) is 6.92 Å². The first-order chi connectivity index (χ1) is 14.3. The molecule has 0 fully saturated rings. The van der Waals surface area contributed by atoms with Gasteiger partial charge in [0.2, 0.25) is 5.95 Å². The summed E-state index contributed by atoms with van der Waals surface area (Å²) >= 11 is 0. The predicted octanol–water partition coefficient (Wildman–Crippen LogP) is 6.29. The fourth-order valence-corrected chi connectivity index (χ4v) is 4.31. The molecule has 30 heavy (non-hydrogen) atoms. The molecule has 4 rings (SSSR count). The Balaban J connectivity index is 1.62. The van der Waals surface area contributed by atoms with E-state index in [1.807, 2.05) is 37.3 Å². The number of nitrogens with zero attached hydrogens (tertiary/aromatic N) is 2. The van der Waals surface area contributed by atoms with E-state index in [2.05, 4.69) is 55.4 Å². The number of aromatic nitrogens is 2. The minimum absolute atomic E-state index is 0.0883. The molecule has 0 bridgehead atoms. The van der Waals surface area contributed by atoms with Crippen molar-refractivity contribution in [1.82, 2.24) is 9.97 Å². The molecule has 0 aliphatic carbocycles. The Morgan fingerprint density at radius 1 is 1.17 bits per heavy atom. The molecule has 0 amide bonds. The first-order valence-electron chi connectivity index (χ1n) is 10.6. The molecule has 1 aliphatic rings. The van der Waals surface area contributed by atoms with Gasteiger partial charge < -0.3 is 15.4 Å². The third kappa shape index (κ3) is 4.25. The molecule has 0 spiro atoms. The third-order valence-electron chi connectivity index (χ3n) is 5.57. The van der Waals surface area contributed by atoms with Crippen molar-refractivity contribution in [1.29, 1.82) is 0 Å². The van der Waals surface area contributed by atoms with Gasteiger partial charge in [0.05, 0.1) is 12.3 Å². The van der Waals surface area contributed by atoms with Gasteiger partial charge in [-0.15, -0.1) is 0 Å². The number of anilines is 3. The molecule has 5 nitrogen and oxygen atoms in total. The van der Waals surface area contributed by atoms with E-state index >= 15 is 0 Å². The summed E-state index contributed by atoms with van der Waals surface area (Å²) in [5.74, 6) is 1.97. The summed E-state index contributed by atoms with van der Waals surface area (Å²) in [7, 11) is 0. The van der Waals surface area contributed by atoms with Crippen molar-refractivity contribution in [2.45, 2.75) is 52.5 Å². The zero-order valence-corrected chi connectivity index (χ0v) is 18.4. The molecule has 156 valence electrons. The van der Waals surface area contributed by atoms with Crippen molar-refractivity contribution in [3.63, 3.8) is 0 Å². The second kappa shape index (κ2) is 7.98. The Labute approximate surface area is 178 Å². The average Bonchev–Trinajstić information content (AvgIpc) is 2.69. The maximum absolute atomic E-state index is 5.50. The van der Waals surface area contributed by atoms with Gasteiger partial charge in [-0.3, -0.25) is 0 Å². The van der Waals surface area contributed by atoms with Gasteiger partial charge in [0.15, 0.2) is 0 Å². The summed E-state index contributed by atoms with van der Waals surface area (Å²) in [6.07, 6.45) is 2.93. The Bertz CT molecular complexity index is 1040. The third-order valence-corrected chi connectivity index (χ3v) is 5.57. The number of aryl methyl sites for hydroxylation is 1. The van der Waals surface area contributed by atoms with Crippen LogP contribution in [-0.2, 0) is 0 Å². The summed E-state index contributed by atoms with van der Waals surface area (Å²) in [4.78, 5) is 9.18. The number of rotatable bonds is 5. The van der Waals surface area contributed by atoms with E-state index in [0.717, 1.165) is 29.1 Å². The highest BCUT2D eigenvalue weighted by Crippen LogP contribution is 2.41. The molecule has 2 heterocycles. The van der Waals surface area contributed by atoms with Crippen molar-refractivity contribution < 1.29 is 4.74 Å². The van der Waals surface area contributed by atoms with E-state index < -0.39 is 0 Å². The number of hydrogen-bond acceptors (Lipinski definition) is 5. The van der Waals surface area contributed by atoms with Gasteiger partial charge in [0.1, 0.15) is 5.75 Å². The normalized spacial score (nSPS) is 17.0. The highest BCUT2D eigenvalue weighted by atomic mass is 16.5. The highest BCUT2D eigenvalue weighted by Gasteiger charge is 2.29. The fraction of sp³-hybridized carbons (Fsp3) is 0.360. The molecule has 1 atom stereocenters. The summed E-state index contributed by atoms with van der Waals surface area (Å²) in [6, 6.07) is 14.3. The van der Waals surface area contributed by atoms with Crippen LogP contribution in [0.2, 0.25) is 0 Å². The molecule has 2 aromatic carbocycles. The lowest BCUT2D eigenvalue weighted by Gasteiger charge is -2.38. The molecular weight excluding hydrogens is 372 g/mol. The number of fused-ring (bicyclic) bond motifs is 1. The Hall–Kier alpha value is -3.08. The Morgan fingerprint density at radius 3 is 2.67 bits per heavy atom. The summed E-state index contributed by atoms with van der Waals surface area (Å²) in [5.41, 5.74) is 6.88. The Morgan fingerprint density at radius 2 is 1.93 bits per heavy atom. The van der Waals surface area contributed by atoms with Crippen LogP contribution in [0.4, 0.5) is 17.3 Å². The van der Waals surface area contributed by atoms with Crippen molar-refractivity contribution in [3.05, 3.63) is 59.8 Å². The van der Waals surface area contributed by atoms with Gasteiger partial charge in [-0.1, -0.05) is 13.0 Å². The van der Waals surface area contributed by atoms with Crippen LogP contribution in [0.3, 0.4) is 0 Å². The second-order valence-corrected chi connectivity index (χ2v) is 8.72. The quantitative estimate of drug-likeness (QED) is 0.525. The molecule has 0 radical (unpaired) electrons. The van der Waals surface area contributed by atoms with Crippen molar-refractivity contribution in [2.75, 3.05) is 17.2 Å². The summed E-state index contributed by atoms with van der Waals surface area (Å²) in [6.45, 7) is 11.6. The number of hydrogen-bond donors (Lipinski definition) is 2. The smallest absolute Gasteiger partial charge is 0.227 e. The van der Waals surface area contributed by atoms with Crippen molar-refractivity contribution in [3.8, 4) is 17.0 Å². The molecular formula is C25H30N4O. The van der Waals surface area contributed by atoms with Gasteiger partial charge in [-0.2, -0.15) is 0 Å². The van der Waals surface area contributed by atoms with E-state index in [9.17, 15) is 0 Å². The molecule has 1 aliphatic heterocycles. The number of benzene rings is 2. The Kier molecular flexibility index (Phi) is 5.37. The lowest BCUT2D eigenvalue weighted by Crippen LogP contribution is -2.36. The first kappa shape index (κ1) is 20.2. The topological polar surface area (TPSA) is 59.1 Å². The van der Waals surface area contributed by atoms with E-state index in [1.165, 1.54) is 16.8 Å². The first-order valence-corrected chi connectivity index (χ1v) is 10.6. The van der Waals surface area contributed by atoms with Crippen molar-refractivity contribution in [2.24, 2.45) is 0 Å². The maximum Gasteiger partial charge on any atom is 0.227 e. The molecule has 0 saturated carbocycles. The van der Waals surface area contributed by atoms with Crippen LogP contribution in [0.1, 0.15) is 51.2 Å². The van der Waals surface area contributed by atoms with Crippen LogP contribution in [-0.4, -0.2) is 22.1 Å². The number of nitrogens with one attached hydrogen (secondary N) is 2. The second-order valence-electron chi connectivity index (χ2n) is 8.72. The molecule has 1 aromatic heterocycles. The lowest BCUT2D eigenvalue weighted by molar-refractivity contribution is 0.340. The van der Waals surface area contributed by atoms with Crippen LogP contribution >= 0.6 is 0 Å². The van der Waals surface area contributed by atoms with Crippen molar-refractivity contribution >= 4 is 17.3 Å². The molecule has 0 saturated heterocycles. The predicted molar refractivity (Wildman–Crippen MR) is 124 cm³/mol. The monoisotopic (exact) mass is 402 g/mol. The molecule has 3 aromatic rings. The summed E-state index contributed by atoms with van der Waals surface area (Å²) < 4.78 is 5.50. The number of ether oxygens (including phenoxy) is 1. The van der Waals surface area contributed by atoms with E-state index in [-0.39, 0.29) is 5.54 Å². The standard InChI is InChI=1S/C25H30N4O/c1-6-30-19-9-7-18(8-10-19)27-24-26-12-11-22(28-24)21-14-23-20(13-16(21)2)17(3)15-25(4,5)29-23/h7-14,17,29H,6,15H2,1-5H3,(H,26,27,28). The SMILES string of the molecule is CCOc1ccc(Nc2nccc(-c3cc4c(cc3C)C(C)CC(C)(C)N4)n2)cc1. The van der Waals surface area contributed by atoms with Gasteiger partial charge in [0.25, 0.3) is 0 Å². The van der Waals surface area contributed by atoms with Crippen LogP contribution in [0.15, 0.2) is 48.7 Å². The largest absolute Gasteiger partial charge is 0.494 e. The summed E-state index contributed by atoms with van der Waals surface area (Å²) in [5, 5.41) is 7.00. The van der Waals surface area contributed by atoms with E-state index in [1.54, 1.807) is 6.20 Å². The van der Waals surface area contributed by atoms with Crippen LogP contribution in [0.5, 0.6) is 5.75 Å².